The van der Waals surface area contributed by atoms with E-state index in [-0.39, 0.29) is 6.61 Å². The van der Waals surface area contributed by atoms with Crippen LogP contribution in [0.25, 0.3) is 0 Å². The van der Waals surface area contributed by atoms with Crippen molar-refractivity contribution in [3.63, 3.8) is 0 Å². The van der Waals surface area contributed by atoms with Crippen molar-refractivity contribution in [2.45, 2.75) is 45.6 Å². The van der Waals surface area contributed by atoms with Crippen molar-refractivity contribution in [3.05, 3.63) is 35.9 Å². The van der Waals surface area contributed by atoms with Crippen LogP contribution in [0.1, 0.15) is 26.3 Å². The molecule has 144 valence electrons. The molecule has 9 heteroatoms. The van der Waals surface area contributed by atoms with Crippen LogP contribution in [0.3, 0.4) is 0 Å². The highest BCUT2D eigenvalue weighted by Gasteiger charge is 2.41. The first kappa shape index (κ1) is 21.5. The number of hydrogen-bond acceptors (Lipinski definition) is 4. The largest absolute Gasteiger partial charge is 0.471 e. The van der Waals surface area contributed by atoms with E-state index < -0.39 is 42.0 Å². The molecule has 0 aliphatic heterocycles. The molecule has 6 nitrogen and oxygen atoms in total. The van der Waals surface area contributed by atoms with Gasteiger partial charge in [0.25, 0.3) is 0 Å². The molecular formula is C17H21F3N2O4. The third-order valence-corrected chi connectivity index (χ3v) is 3.43. The van der Waals surface area contributed by atoms with Gasteiger partial charge in [0, 0.05) is 0 Å². The van der Waals surface area contributed by atoms with Gasteiger partial charge in [-0.15, -0.1) is 0 Å². The molecule has 0 fully saturated rings. The van der Waals surface area contributed by atoms with Crippen molar-refractivity contribution in [1.82, 2.24) is 10.6 Å². The van der Waals surface area contributed by atoms with Gasteiger partial charge in [-0.3, -0.25) is 9.59 Å². The van der Waals surface area contributed by atoms with Gasteiger partial charge in [0.05, 0.1) is 0 Å². The third-order valence-electron chi connectivity index (χ3n) is 3.43. The van der Waals surface area contributed by atoms with E-state index in [1.54, 1.807) is 35.6 Å². The Labute approximate surface area is 149 Å². The number of amides is 2. The van der Waals surface area contributed by atoms with Gasteiger partial charge in [0.15, 0.2) is 0 Å². The van der Waals surface area contributed by atoms with Crippen molar-refractivity contribution >= 4 is 17.8 Å². The van der Waals surface area contributed by atoms with Gasteiger partial charge in [-0.05, 0) is 18.4 Å². The number of halogens is 3. The van der Waals surface area contributed by atoms with Crippen molar-refractivity contribution in [2.24, 2.45) is 5.92 Å². The number of esters is 1. The maximum absolute atomic E-state index is 12.4. The van der Waals surface area contributed by atoms with Crippen LogP contribution in [0, 0.1) is 5.92 Å². The van der Waals surface area contributed by atoms with Crippen LogP contribution in [-0.4, -0.2) is 36.0 Å². The molecule has 0 radical (unpaired) electrons. The minimum Gasteiger partial charge on any atom is -0.459 e. The van der Waals surface area contributed by atoms with Crippen molar-refractivity contribution in [3.8, 4) is 0 Å². The number of carbonyl (C=O) groups excluding carboxylic acids is 3. The van der Waals surface area contributed by atoms with Crippen LogP contribution in [0.15, 0.2) is 30.3 Å². The molecule has 1 aromatic rings. The van der Waals surface area contributed by atoms with E-state index >= 15 is 0 Å². The average molecular weight is 374 g/mol. The predicted molar refractivity (Wildman–Crippen MR) is 86.7 cm³/mol. The number of nitrogens with one attached hydrogen (secondary N) is 2. The Morgan fingerprint density at radius 2 is 1.62 bits per heavy atom. The highest BCUT2D eigenvalue weighted by molar-refractivity contribution is 5.92. The second kappa shape index (κ2) is 9.21. The number of rotatable bonds is 7. The molecule has 0 saturated carbocycles. The normalized spacial score (nSPS) is 13.7. The van der Waals surface area contributed by atoms with E-state index in [9.17, 15) is 27.6 Å². The zero-order valence-electron chi connectivity index (χ0n) is 14.6. The Morgan fingerprint density at radius 1 is 1.04 bits per heavy atom. The van der Waals surface area contributed by atoms with E-state index in [0.29, 0.717) is 0 Å². The second-order valence-electron chi connectivity index (χ2n) is 6.02. The molecule has 0 aromatic heterocycles. The number of hydrogen-bond donors (Lipinski definition) is 2. The number of alkyl halides is 3. The summed E-state index contributed by atoms with van der Waals surface area (Å²) in [6.07, 6.45) is -5.10. The fourth-order valence-electron chi connectivity index (χ4n) is 1.97. The minimum absolute atomic E-state index is 0.00168. The molecule has 0 bridgehead atoms. The lowest BCUT2D eigenvalue weighted by atomic mass is 10.0. The van der Waals surface area contributed by atoms with Gasteiger partial charge in [-0.25, -0.2) is 4.79 Å². The first-order chi connectivity index (χ1) is 12.0. The van der Waals surface area contributed by atoms with Crippen molar-refractivity contribution in [1.29, 1.82) is 0 Å². The summed E-state index contributed by atoms with van der Waals surface area (Å²) in [5, 5.41) is 3.89. The average Bonchev–Trinajstić information content (AvgIpc) is 2.56. The molecule has 0 aliphatic carbocycles. The smallest absolute Gasteiger partial charge is 0.459 e. The molecule has 1 rings (SSSR count). The maximum Gasteiger partial charge on any atom is 0.471 e. The van der Waals surface area contributed by atoms with Gasteiger partial charge in [0.1, 0.15) is 18.7 Å². The molecule has 1 aromatic carbocycles. The minimum atomic E-state index is -5.10. The zero-order chi connectivity index (χ0) is 19.9. The van der Waals surface area contributed by atoms with E-state index in [1.807, 2.05) is 0 Å². The summed E-state index contributed by atoms with van der Waals surface area (Å²) in [7, 11) is 0. The molecule has 0 unspecified atom stereocenters. The Bertz CT molecular complexity index is 633. The number of benzene rings is 1. The lowest BCUT2D eigenvalue weighted by Gasteiger charge is -2.24. The molecule has 2 N–H and O–H groups in total. The Kier molecular flexibility index (Phi) is 7.60. The summed E-state index contributed by atoms with van der Waals surface area (Å²) in [5.41, 5.74) is 0.747. The van der Waals surface area contributed by atoms with Gasteiger partial charge < -0.3 is 15.4 Å². The van der Waals surface area contributed by atoms with E-state index in [2.05, 4.69) is 5.32 Å². The Balaban J connectivity index is 2.61. The molecule has 0 saturated heterocycles. The van der Waals surface area contributed by atoms with Crippen LogP contribution in [0.4, 0.5) is 13.2 Å². The van der Waals surface area contributed by atoms with Crippen molar-refractivity contribution < 1.29 is 32.3 Å². The van der Waals surface area contributed by atoms with E-state index in [1.165, 1.54) is 20.8 Å². The third kappa shape index (κ3) is 6.73. The number of carbonyl (C=O) groups is 3. The molecular weight excluding hydrogens is 353 g/mol. The SMILES string of the molecule is CC(C)[C@H](NC(=O)C(F)(F)F)C(=O)N[C@@H](C)C(=O)OCc1ccccc1. The van der Waals surface area contributed by atoms with Gasteiger partial charge >= 0.3 is 18.1 Å². The van der Waals surface area contributed by atoms with Crippen molar-refractivity contribution in [2.75, 3.05) is 0 Å². The number of ether oxygens (including phenoxy) is 1. The standard InChI is InChI=1S/C17H21F3N2O4/c1-10(2)13(22-16(25)17(18,19)20)14(23)21-11(3)15(24)26-9-12-7-5-4-6-8-12/h4-8,10-11,13H,9H2,1-3H3,(H,21,23)(H,22,25)/t11-,13-/m0/s1. The van der Waals surface area contributed by atoms with Gasteiger partial charge in [0.2, 0.25) is 5.91 Å². The monoisotopic (exact) mass is 374 g/mol. The highest BCUT2D eigenvalue weighted by Crippen LogP contribution is 2.16. The quantitative estimate of drug-likeness (QED) is 0.715. The second-order valence-corrected chi connectivity index (χ2v) is 6.02. The first-order valence-corrected chi connectivity index (χ1v) is 7.91. The summed E-state index contributed by atoms with van der Waals surface area (Å²) < 4.78 is 42.2. The molecule has 0 heterocycles. The maximum atomic E-state index is 12.4. The van der Waals surface area contributed by atoms with E-state index in [0.717, 1.165) is 5.56 Å². The Morgan fingerprint density at radius 3 is 2.12 bits per heavy atom. The topological polar surface area (TPSA) is 84.5 Å². The summed E-state index contributed by atoms with van der Waals surface area (Å²) in [6.45, 7) is 4.28. The molecule has 26 heavy (non-hydrogen) atoms. The van der Waals surface area contributed by atoms with Gasteiger partial charge in [-0.2, -0.15) is 13.2 Å². The molecule has 0 spiro atoms. The van der Waals surface area contributed by atoms with Crippen LogP contribution in [-0.2, 0) is 25.7 Å². The Hall–Kier alpha value is -2.58. The van der Waals surface area contributed by atoms with Crippen LogP contribution >= 0.6 is 0 Å². The predicted octanol–water partition coefficient (Wildman–Crippen LogP) is 1.94. The van der Waals surface area contributed by atoms with Crippen LogP contribution in [0.5, 0.6) is 0 Å². The summed E-state index contributed by atoms with van der Waals surface area (Å²) >= 11 is 0. The lowest BCUT2D eigenvalue weighted by molar-refractivity contribution is -0.175. The highest BCUT2D eigenvalue weighted by atomic mass is 19.4. The lowest BCUT2D eigenvalue weighted by Crippen LogP contribution is -2.55. The fourth-order valence-corrected chi connectivity index (χ4v) is 1.97. The van der Waals surface area contributed by atoms with Crippen LogP contribution in [0.2, 0.25) is 0 Å². The first-order valence-electron chi connectivity index (χ1n) is 7.91. The zero-order valence-corrected chi connectivity index (χ0v) is 14.6. The molecule has 0 aliphatic rings. The van der Waals surface area contributed by atoms with E-state index in [4.69, 9.17) is 4.74 Å². The summed E-state index contributed by atoms with van der Waals surface area (Å²) in [6, 6.07) is 6.31. The molecule has 2 atom stereocenters. The summed E-state index contributed by atoms with van der Waals surface area (Å²) in [4.78, 5) is 35.1. The van der Waals surface area contributed by atoms with Crippen LogP contribution < -0.4 is 10.6 Å². The fraction of sp³-hybridized carbons (Fsp3) is 0.471. The summed E-state index contributed by atoms with van der Waals surface area (Å²) in [5.74, 6) is -4.48. The van der Waals surface area contributed by atoms with Gasteiger partial charge in [-0.1, -0.05) is 44.2 Å². The molecule has 2 amide bonds.